The number of hydrogen-bond acceptors (Lipinski definition) is 5. The Morgan fingerprint density at radius 2 is 1.56 bits per heavy atom. The lowest BCUT2D eigenvalue weighted by Crippen LogP contribution is -2.36. The number of cyclic esters (lactones) is 1. The summed E-state index contributed by atoms with van der Waals surface area (Å²) in [5, 5.41) is 0. The van der Waals surface area contributed by atoms with Crippen molar-refractivity contribution in [3.05, 3.63) is 89.0 Å². The standard InChI is InChI=1S/C31H28O5/c1-30(2,3)15-14-20-18-34-29-27-21(19-33-26(32)17-24(20)27)16-25-28(29)36-31(35-25,22-10-6-4-7-11-22)23-12-8-5-9-13-23/h4-13,16,20,24H,17-19H2,1-3H3/t20-,24+/m1/s1. The Balaban J connectivity index is 1.50. The lowest BCUT2D eigenvalue weighted by atomic mass is 9.79. The summed E-state index contributed by atoms with van der Waals surface area (Å²) >= 11 is 0. The average Bonchev–Trinajstić information content (AvgIpc) is 3.19. The van der Waals surface area contributed by atoms with Crippen LogP contribution in [0.4, 0.5) is 0 Å². The summed E-state index contributed by atoms with van der Waals surface area (Å²) in [4.78, 5) is 12.6. The van der Waals surface area contributed by atoms with Gasteiger partial charge in [0.15, 0.2) is 11.5 Å². The van der Waals surface area contributed by atoms with Crippen LogP contribution in [0, 0.1) is 23.2 Å². The molecule has 3 aromatic carbocycles. The third-order valence-corrected chi connectivity index (χ3v) is 6.80. The molecule has 36 heavy (non-hydrogen) atoms. The lowest BCUT2D eigenvalue weighted by Gasteiger charge is -2.31. The first-order valence-electron chi connectivity index (χ1n) is 12.3. The molecule has 0 bridgehead atoms. The minimum atomic E-state index is -1.15. The largest absolute Gasteiger partial charge is 0.488 e. The molecule has 0 N–H and O–H groups in total. The third kappa shape index (κ3) is 3.78. The second kappa shape index (κ2) is 8.34. The van der Waals surface area contributed by atoms with Crippen LogP contribution in [-0.2, 0) is 21.9 Å². The van der Waals surface area contributed by atoms with E-state index >= 15 is 0 Å². The van der Waals surface area contributed by atoms with Gasteiger partial charge >= 0.3 is 11.8 Å². The van der Waals surface area contributed by atoms with Crippen molar-refractivity contribution in [3.8, 4) is 29.1 Å². The predicted molar refractivity (Wildman–Crippen MR) is 135 cm³/mol. The maximum Gasteiger partial charge on any atom is 0.306 e. The van der Waals surface area contributed by atoms with Gasteiger partial charge in [-0.3, -0.25) is 4.79 Å². The van der Waals surface area contributed by atoms with Gasteiger partial charge in [-0.05, 0) is 26.8 Å². The fraction of sp³-hybridized carbons (Fsp3) is 0.323. The van der Waals surface area contributed by atoms with Crippen molar-refractivity contribution < 1.29 is 23.7 Å². The summed E-state index contributed by atoms with van der Waals surface area (Å²) in [6.07, 6.45) is 0.259. The van der Waals surface area contributed by atoms with Gasteiger partial charge in [-0.15, -0.1) is 0 Å². The summed E-state index contributed by atoms with van der Waals surface area (Å²) in [5.41, 5.74) is 3.43. The zero-order chi connectivity index (χ0) is 24.9. The molecule has 6 rings (SSSR count). The number of esters is 1. The number of ether oxygens (including phenoxy) is 4. The van der Waals surface area contributed by atoms with Gasteiger partial charge in [-0.1, -0.05) is 72.5 Å². The topological polar surface area (TPSA) is 54.0 Å². The number of benzene rings is 3. The second-order valence-electron chi connectivity index (χ2n) is 10.6. The van der Waals surface area contributed by atoms with E-state index in [4.69, 9.17) is 18.9 Å². The monoisotopic (exact) mass is 480 g/mol. The highest BCUT2D eigenvalue weighted by Gasteiger charge is 2.49. The Hall–Kier alpha value is -3.91. The average molecular weight is 481 g/mol. The van der Waals surface area contributed by atoms with Crippen LogP contribution in [0.3, 0.4) is 0 Å². The van der Waals surface area contributed by atoms with E-state index in [1.807, 2.05) is 66.7 Å². The van der Waals surface area contributed by atoms with Gasteiger partial charge in [-0.25, -0.2) is 0 Å². The quantitative estimate of drug-likeness (QED) is 0.335. The molecule has 3 heterocycles. The smallest absolute Gasteiger partial charge is 0.306 e. The molecule has 0 fully saturated rings. The molecule has 0 radical (unpaired) electrons. The molecule has 3 aromatic rings. The molecule has 182 valence electrons. The molecule has 5 heteroatoms. The first-order valence-corrected chi connectivity index (χ1v) is 12.3. The van der Waals surface area contributed by atoms with Crippen molar-refractivity contribution >= 4 is 5.97 Å². The van der Waals surface area contributed by atoms with Gasteiger partial charge in [0.25, 0.3) is 0 Å². The Labute approximate surface area is 211 Å². The molecule has 0 spiro atoms. The van der Waals surface area contributed by atoms with Crippen LogP contribution in [-0.4, -0.2) is 12.6 Å². The van der Waals surface area contributed by atoms with Gasteiger partial charge < -0.3 is 18.9 Å². The van der Waals surface area contributed by atoms with Crippen LogP contribution < -0.4 is 14.2 Å². The first kappa shape index (κ1) is 22.5. The van der Waals surface area contributed by atoms with Crippen LogP contribution in [0.25, 0.3) is 0 Å². The number of hydrogen-bond donors (Lipinski definition) is 0. The zero-order valence-corrected chi connectivity index (χ0v) is 20.7. The summed E-state index contributed by atoms with van der Waals surface area (Å²) < 4.78 is 25.3. The minimum Gasteiger partial charge on any atom is -0.488 e. The van der Waals surface area contributed by atoms with Crippen LogP contribution >= 0.6 is 0 Å². The highest BCUT2D eigenvalue weighted by atomic mass is 16.7. The fourth-order valence-electron chi connectivity index (χ4n) is 5.14. The molecule has 3 aliphatic heterocycles. The van der Waals surface area contributed by atoms with E-state index in [0.29, 0.717) is 23.9 Å². The maximum atomic E-state index is 12.6. The molecule has 0 aromatic heterocycles. The summed E-state index contributed by atoms with van der Waals surface area (Å²) in [7, 11) is 0. The van der Waals surface area contributed by atoms with E-state index in [1.165, 1.54) is 0 Å². The van der Waals surface area contributed by atoms with E-state index in [2.05, 4.69) is 32.6 Å². The lowest BCUT2D eigenvalue weighted by molar-refractivity contribution is -0.145. The van der Waals surface area contributed by atoms with E-state index in [0.717, 1.165) is 22.3 Å². The van der Waals surface area contributed by atoms with Gasteiger partial charge in [0, 0.05) is 33.6 Å². The van der Waals surface area contributed by atoms with E-state index in [1.54, 1.807) is 0 Å². The van der Waals surface area contributed by atoms with E-state index < -0.39 is 5.79 Å². The van der Waals surface area contributed by atoms with Crippen molar-refractivity contribution in [2.45, 2.75) is 45.5 Å². The normalized spacial score (nSPS) is 21.2. The molecule has 5 nitrogen and oxygen atoms in total. The SMILES string of the molecule is CC(C)(C)C#C[C@@H]1COc2c3c(cc4c2[C@H]1CC(=O)OC4)OC(c1ccccc1)(c1ccccc1)O3. The van der Waals surface area contributed by atoms with Crippen molar-refractivity contribution in [1.82, 2.24) is 0 Å². The Kier molecular flexibility index (Phi) is 5.22. The van der Waals surface area contributed by atoms with Crippen molar-refractivity contribution in [2.75, 3.05) is 6.61 Å². The number of rotatable bonds is 2. The molecule has 0 unspecified atom stereocenters. The zero-order valence-electron chi connectivity index (χ0n) is 20.7. The van der Waals surface area contributed by atoms with Crippen molar-refractivity contribution in [3.63, 3.8) is 0 Å². The van der Waals surface area contributed by atoms with E-state index in [-0.39, 0.29) is 36.2 Å². The molecule has 2 atom stereocenters. The Bertz CT molecular complexity index is 1340. The maximum absolute atomic E-state index is 12.6. The summed E-state index contributed by atoms with van der Waals surface area (Å²) in [6, 6.07) is 21.8. The highest BCUT2D eigenvalue weighted by molar-refractivity contribution is 5.74. The molecule has 0 saturated heterocycles. The Morgan fingerprint density at radius 1 is 0.889 bits per heavy atom. The molecule has 0 amide bonds. The first-order chi connectivity index (χ1) is 17.3. The van der Waals surface area contributed by atoms with E-state index in [9.17, 15) is 4.79 Å². The van der Waals surface area contributed by atoms with Gasteiger partial charge in [0.1, 0.15) is 13.2 Å². The summed E-state index contributed by atoms with van der Waals surface area (Å²) in [5.74, 6) is 6.87. The Morgan fingerprint density at radius 3 is 2.19 bits per heavy atom. The second-order valence-corrected chi connectivity index (χ2v) is 10.6. The summed E-state index contributed by atoms with van der Waals surface area (Å²) in [6.45, 7) is 6.78. The molecular formula is C31H28O5. The third-order valence-electron chi connectivity index (χ3n) is 6.80. The highest BCUT2D eigenvalue weighted by Crippen LogP contribution is 2.58. The minimum absolute atomic E-state index is 0.116. The van der Waals surface area contributed by atoms with Gasteiger partial charge in [0.2, 0.25) is 5.75 Å². The van der Waals surface area contributed by atoms with Crippen LogP contribution in [0.5, 0.6) is 17.2 Å². The van der Waals surface area contributed by atoms with Crippen LogP contribution in [0.2, 0.25) is 0 Å². The number of fused-ring (bicyclic) bond motifs is 2. The van der Waals surface area contributed by atoms with Gasteiger partial charge in [-0.2, -0.15) is 0 Å². The van der Waals surface area contributed by atoms with Crippen LogP contribution in [0.1, 0.15) is 55.4 Å². The van der Waals surface area contributed by atoms with Gasteiger partial charge in [0.05, 0.1) is 12.3 Å². The number of carbonyl (C=O) groups excluding carboxylic acids is 1. The predicted octanol–water partition coefficient (Wildman–Crippen LogP) is 5.95. The van der Waals surface area contributed by atoms with Crippen LogP contribution in [0.15, 0.2) is 66.7 Å². The number of carbonyl (C=O) groups is 1. The molecule has 0 saturated carbocycles. The van der Waals surface area contributed by atoms with Crippen molar-refractivity contribution in [1.29, 1.82) is 0 Å². The molecular weight excluding hydrogens is 452 g/mol. The fourth-order valence-corrected chi connectivity index (χ4v) is 5.14. The molecule has 0 aliphatic carbocycles. The van der Waals surface area contributed by atoms with Crippen molar-refractivity contribution in [2.24, 2.45) is 11.3 Å². The molecule has 3 aliphatic rings.